The number of carbonyl (C=O) groups is 1. The number of hydrogen-bond acceptors (Lipinski definition) is 4. The minimum Gasteiger partial charge on any atom is -0.476 e. The smallest absolute Gasteiger partial charge is 0.358 e. The van der Waals surface area contributed by atoms with Crippen LogP contribution in [0.25, 0.3) is 11.3 Å². The van der Waals surface area contributed by atoms with Gasteiger partial charge in [-0.15, -0.1) is 0 Å². The third-order valence-electron chi connectivity index (χ3n) is 1.90. The number of rotatable bonds is 2. The molecule has 2 aromatic heterocycles. The number of carboxylic acids is 1. The summed E-state index contributed by atoms with van der Waals surface area (Å²) in [5.74, 6) is -0.356. The SMILES string of the molecule is Cc1oc(Br)cc1-c1ocnc1C(=O)O. The van der Waals surface area contributed by atoms with Crippen molar-refractivity contribution >= 4 is 21.9 Å². The third kappa shape index (κ3) is 1.68. The molecule has 2 rings (SSSR count). The highest BCUT2D eigenvalue weighted by atomic mass is 79.9. The Morgan fingerprint density at radius 1 is 1.60 bits per heavy atom. The lowest BCUT2D eigenvalue weighted by molar-refractivity contribution is 0.0691. The molecule has 0 unspecified atom stereocenters. The van der Waals surface area contributed by atoms with Gasteiger partial charge < -0.3 is 13.9 Å². The van der Waals surface area contributed by atoms with Gasteiger partial charge in [-0.2, -0.15) is 0 Å². The van der Waals surface area contributed by atoms with E-state index in [1.54, 1.807) is 13.0 Å². The van der Waals surface area contributed by atoms with Crippen LogP contribution < -0.4 is 0 Å². The standard InChI is InChI=1S/C9H6BrNO4/c1-4-5(2-6(10)15-4)8-7(9(12)13)11-3-14-8/h2-3H,1H3,(H,12,13). The fourth-order valence-electron chi connectivity index (χ4n) is 1.26. The molecule has 0 aliphatic carbocycles. The van der Waals surface area contributed by atoms with E-state index in [2.05, 4.69) is 20.9 Å². The number of halogens is 1. The van der Waals surface area contributed by atoms with E-state index in [1.165, 1.54) is 0 Å². The summed E-state index contributed by atoms with van der Waals surface area (Å²) >= 11 is 3.15. The molecular formula is C9H6BrNO4. The average Bonchev–Trinajstić information content (AvgIpc) is 2.71. The summed E-state index contributed by atoms with van der Waals surface area (Å²) in [5, 5.41) is 8.85. The number of carboxylic acid groups (broad SMARTS) is 1. The summed E-state index contributed by atoms with van der Waals surface area (Å²) in [5.41, 5.74) is 0.461. The summed E-state index contributed by atoms with van der Waals surface area (Å²) in [7, 11) is 0. The molecule has 0 bridgehead atoms. The van der Waals surface area contributed by atoms with Crippen LogP contribution in [0.2, 0.25) is 0 Å². The number of hydrogen-bond donors (Lipinski definition) is 1. The highest BCUT2D eigenvalue weighted by Gasteiger charge is 2.21. The molecule has 0 radical (unpaired) electrons. The average molecular weight is 272 g/mol. The first-order valence-corrected chi connectivity index (χ1v) is 4.82. The van der Waals surface area contributed by atoms with E-state index in [1.807, 2.05) is 0 Å². The van der Waals surface area contributed by atoms with Crippen molar-refractivity contribution in [2.75, 3.05) is 0 Å². The van der Waals surface area contributed by atoms with Crippen molar-refractivity contribution in [1.29, 1.82) is 0 Å². The van der Waals surface area contributed by atoms with Crippen molar-refractivity contribution in [3.8, 4) is 11.3 Å². The first kappa shape index (κ1) is 9.97. The maximum absolute atomic E-state index is 10.8. The lowest BCUT2D eigenvalue weighted by Gasteiger charge is -1.93. The quantitative estimate of drug-likeness (QED) is 0.909. The van der Waals surface area contributed by atoms with Crippen LogP contribution in [0.4, 0.5) is 0 Å². The highest BCUT2D eigenvalue weighted by molar-refractivity contribution is 9.10. The minimum atomic E-state index is -1.13. The molecule has 0 saturated carbocycles. The monoisotopic (exact) mass is 271 g/mol. The van der Waals surface area contributed by atoms with Gasteiger partial charge in [0.1, 0.15) is 5.76 Å². The summed E-state index contributed by atoms with van der Waals surface area (Å²) in [6.07, 6.45) is 1.10. The zero-order valence-corrected chi connectivity index (χ0v) is 9.24. The van der Waals surface area contributed by atoms with Gasteiger partial charge in [0.05, 0.1) is 5.56 Å². The molecule has 78 valence electrons. The van der Waals surface area contributed by atoms with E-state index in [9.17, 15) is 4.79 Å². The van der Waals surface area contributed by atoms with Gasteiger partial charge in [-0.25, -0.2) is 9.78 Å². The molecule has 1 N–H and O–H groups in total. The Balaban J connectivity index is 2.58. The highest BCUT2D eigenvalue weighted by Crippen LogP contribution is 2.31. The molecule has 15 heavy (non-hydrogen) atoms. The molecule has 0 spiro atoms. The molecule has 2 aromatic rings. The Morgan fingerprint density at radius 3 is 2.87 bits per heavy atom. The van der Waals surface area contributed by atoms with Crippen molar-refractivity contribution < 1.29 is 18.7 Å². The van der Waals surface area contributed by atoms with E-state index < -0.39 is 5.97 Å². The fourth-order valence-corrected chi connectivity index (χ4v) is 1.73. The first-order chi connectivity index (χ1) is 7.09. The maximum Gasteiger partial charge on any atom is 0.358 e. The van der Waals surface area contributed by atoms with E-state index >= 15 is 0 Å². The zero-order valence-electron chi connectivity index (χ0n) is 7.65. The van der Waals surface area contributed by atoms with Gasteiger partial charge in [0.2, 0.25) is 0 Å². The Hall–Kier alpha value is -1.56. The molecule has 0 aliphatic heterocycles. The molecule has 5 nitrogen and oxygen atoms in total. The Labute approximate surface area is 92.8 Å². The van der Waals surface area contributed by atoms with Crippen LogP contribution in [0.3, 0.4) is 0 Å². The van der Waals surface area contributed by atoms with Gasteiger partial charge in [0.15, 0.2) is 22.5 Å². The van der Waals surface area contributed by atoms with Crippen molar-refractivity contribution in [3.05, 3.63) is 28.6 Å². The van der Waals surface area contributed by atoms with Crippen molar-refractivity contribution in [3.63, 3.8) is 0 Å². The fraction of sp³-hybridized carbons (Fsp3) is 0.111. The predicted molar refractivity (Wildman–Crippen MR) is 53.6 cm³/mol. The Morgan fingerprint density at radius 2 is 2.33 bits per heavy atom. The molecule has 0 amide bonds. The molecule has 0 fully saturated rings. The van der Waals surface area contributed by atoms with Gasteiger partial charge in [0.25, 0.3) is 0 Å². The predicted octanol–water partition coefficient (Wildman–Crippen LogP) is 2.70. The summed E-state index contributed by atoms with van der Waals surface area (Å²) in [4.78, 5) is 14.4. The minimum absolute atomic E-state index is 0.119. The molecular weight excluding hydrogens is 266 g/mol. The van der Waals surface area contributed by atoms with Crippen LogP contribution in [0.1, 0.15) is 16.2 Å². The second kappa shape index (κ2) is 3.54. The molecule has 2 heterocycles. The molecule has 0 aromatic carbocycles. The lowest BCUT2D eigenvalue weighted by Crippen LogP contribution is -1.98. The van der Waals surface area contributed by atoms with E-state index in [0.717, 1.165) is 6.39 Å². The zero-order chi connectivity index (χ0) is 11.0. The molecule has 0 aliphatic rings. The molecule has 0 atom stereocenters. The van der Waals surface area contributed by atoms with Gasteiger partial charge >= 0.3 is 5.97 Å². The second-order valence-electron chi connectivity index (χ2n) is 2.86. The van der Waals surface area contributed by atoms with Gasteiger partial charge in [0, 0.05) is 6.07 Å². The number of nitrogens with zero attached hydrogens (tertiary/aromatic N) is 1. The van der Waals surface area contributed by atoms with Crippen LogP contribution >= 0.6 is 15.9 Å². The van der Waals surface area contributed by atoms with Crippen molar-refractivity contribution in [1.82, 2.24) is 4.98 Å². The number of aryl methyl sites for hydroxylation is 1. The van der Waals surface area contributed by atoms with Gasteiger partial charge in [-0.1, -0.05) is 0 Å². The van der Waals surface area contributed by atoms with Gasteiger partial charge in [-0.3, -0.25) is 0 Å². The lowest BCUT2D eigenvalue weighted by atomic mass is 10.2. The van der Waals surface area contributed by atoms with Crippen molar-refractivity contribution in [2.45, 2.75) is 6.92 Å². The van der Waals surface area contributed by atoms with Crippen molar-refractivity contribution in [2.24, 2.45) is 0 Å². The normalized spacial score (nSPS) is 10.5. The van der Waals surface area contributed by atoms with E-state index in [0.29, 0.717) is 16.0 Å². The largest absolute Gasteiger partial charge is 0.476 e. The van der Waals surface area contributed by atoms with Gasteiger partial charge in [-0.05, 0) is 22.9 Å². The van der Waals surface area contributed by atoms with Crippen LogP contribution in [0.5, 0.6) is 0 Å². The number of furan rings is 1. The first-order valence-electron chi connectivity index (χ1n) is 4.02. The van der Waals surface area contributed by atoms with Crippen LogP contribution in [-0.4, -0.2) is 16.1 Å². The number of aromatic carboxylic acids is 1. The van der Waals surface area contributed by atoms with Crippen LogP contribution in [0.15, 0.2) is 26.0 Å². The van der Waals surface area contributed by atoms with Crippen LogP contribution in [0, 0.1) is 6.92 Å². The Bertz CT molecular complexity index is 514. The molecule has 0 saturated heterocycles. The third-order valence-corrected chi connectivity index (χ3v) is 2.29. The number of aromatic nitrogens is 1. The topological polar surface area (TPSA) is 76.5 Å². The Kier molecular flexibility index (Phi) is 2.36. The molecule has 6 heteroatoms. The summed E-state index contributed by atoms with van der Waals surface area (Å²) in [6.45, 7) is 1.72. The van der Waals surface area contributed by atoms with E-state index in [-0.39, 0.29) is 11.5 Å². The number of oxazole rings is 1. The second-order valence-corrected chi connectivity index (χ2v) is 3.64. The van der Waals surface area contributed by atoms with E-state index in [4.69, 9.17) is 13.9 Å². The van der Waals surface area contributed by atoms with Crippen LogP contribution in [-0.2, 0) is 0 Å². The summed E-state index contributed by atoms with van der Waals surface area (Å²) < 4.78 is 10.8. The summed E-state index contributed by atoms with van der Waals surface area (Å²) in [6, 6.07) is 1.64. The maximum atomic E-state index is 10.8.